The molecule has 0 heterocycles. The van der Waals surface area contributed by atoms with E-state index < -0.39 is 0 Å². The number of nitrogens with two attached hydrogens (primary N) is 1. The zero-order chi connectivity index (χ0) is 15.8. The second-order valence-electron chi connectivity index (χ2n) is 5.28. The Balaban J connectivity index is 2.92. The summed E-state index contributed by atoms with van der Waals surface area (Å²) in [5.41, 5.74) is 0.989. The standard InChI is InChI=1S/C16H26ClNO3/c1-5-13(10-19)18-9-12-7-15(20-6-2)16(8-14(12)17)21-11(3)4/h7-8,11,13,18-19H,5-6,9-10H2,1-4H3/p+1/t13-/m1/s1. The summed E-state index contributed by atoms with van der Waals surface area (Å²) in [4.78, 5) is 0. The lowest BCUT2D eigenvalue weighted by atomic mass is 10.1. The Kier molecular flexibility index (Phi) is 7.86. The molecule has 0 fully saturated rings. The topological polar surface area (TPSA) is 55.3 Å². The molecule has 0 radical (unpaired) electrons. The first kappa shape index (κ1) is 18.1. The van der Waals surface area contributed by atoms with Crippen molar-refractivity contribution < 1.29 is 19.9 Å². The summed E-state index contributed by atoms with van der Waals surface area (Å²) < 4.78 is 11.4. The van der Waals surface area contributed by atoms with Crippen molar-refractivity contribution in [3.8, 4) is 11.5 Å². The van der Waals surface area contributed by atoms with Crippen molar-refractivity contribution >= 4 is 11.6 Å². The van der Waals surface area contributed by atoms with Crippen LogP contribution in [0.3, 0.4) is 0 Å². The summed E-state index contributed by atoms with van der Waals surface area (Å²) in [6.45, 7) is 9.40. The van der Waals surface area contributed by atoms with E-state index in [9.17, 15) is 5.11 Å². The second kappa shape index (κ2) is 9.13. The molecule has 0 aliphatic carbocycles. The molecule has 1 rings (SSSR count). The Hall–Kier alpha value is -0.970. The number of benzene rings is 1. The number of aliphatic hydroxyl groups excluding tert-OH is 1. The van der Waals surface area contributed by atoms with Crippen LogP contribution < -0.4 is 14.8 Å². The molecular weight excluding hydrogens is 290 g/mol. The van der Waals surface area contributed by atoms with Gasteiger partial charge in [-0.1, -0.05) is 18.5 Å². The number of aliphatic hydroxyl groups is 1. The molecule has 0 aliphatic rings. The largest absolute Gasteiger partial charge is 0.490 e. The first-order valence-electron chi connectivity index (χ1n) is 7.57. The Bertz CT molecular complexity index is 434. The van der Waals surface area contributed by atoms with Gasteiger partial charge in [-0.05, 0) is 33.3 Å². The minimum Gasteiger partial charge on any atom is -0.490 e. The zero-order valence-electron chi connectivity index (χ0n) is 13.4. The van der Waals surface area contributed by atoms with Gasteiger partial charge in [0.25, 0.3) is 0 Å². The molecule has 5 heteroatoms. The Morgan fingerprint density at radius 3 is 2.48 bits per heavy atom. The average Bonchev–Trinajstić information content (AvgIpc) is 2.43. The molecular formula is C16H27ClNO3+. The molecule has 120 valence electrons. The fourth-order valence-electron chi connectivity index (χ4n) is 2.01. The van der Waals surface area contributed by atoms with Crippen LogP contribution >= 0.6 is 11.6 Å². The van der Waals surface area contributed by atoms with Gasteiger partial charge < -0.3 is 19.9 Å². The van der Waals surface area contributed by atoms with Crippen molar-refractivity contribution in [1.82, 2.24) is 0 Å². The van der Waals surface area contributed by atoms with Gasteiger partial charge in [-0.2, -0.15) is 0 Å². The summed E-state index contributed by atoms with van der Waals surface area (Å²) >= 11 is 6.34. The highest BCUT2D eigenvalue weighted by atomic mass is 35.5. The van der Waals surface area contributed by atoms with Gasteiger partial charge in [0.15, 0.2) is 11.5 Å². The fraction of sp³-hybridized carbons (Fsp3) is 0.625. The number of hydrogen-bond donors (Lipinski definition) is 2. The highest BCUT2D eigenvalue weighted by Crippen LogP contribution is 2.34. The van der Waals surface area contributed by atoms with Crippen LogP contribution in [0.1, 0.15) is 39.7 Å². The van der Waals surface area contributed by atoms with Crippen LogP contribution in [-0.2, 0) is 6.54 Å². The van der Waals surface area contributed by atoms with Crippen LogP contribution in [0.2, 0.25) is 5.02 Å². The molecule has 0 aliphatic heterocycles. The van der Waals surface area contributed by atoms with E-state index in [1.807, 2.05) is 32.9 Å². The van der Waals surface area contributed by atoms with E-state index in [0.29, 0.717) is 23.9 Å². The van der Waals surface area contributed by atoms with Crippen LogP contribution in [0.4, 0.5) is 0 Å². The maximum Gasteiger partial charge on any atom is 0.163 e. The monoisotopic (exact) mass is 316 g/mol. The van der Waals surface area contributed by atoms with E-state index in [2.05, 4.69) is 12.2 Å². The molecule has 0 saturated heterocycles. The van der Waals surface area contributed by atoms with E-state index in [1.165, 1.54) is 0 Å². The number of quaternary nitrogens is 1. The van der Waals surface area contributed by atoms with Gasteiger partial charge in [0.05, 0.1) is 24.3 Å². The molecule has 1 atom stereocenters. The first-order chi connectivity index (χ1) is 10.0. The SMILES string of the molecule is CCOc1cc(C[NH2+][C@H](CC)CO)c(Cl)cc1OC(C)C. The van der Waals surface area contributed by atoms with E-state index in [-0.39, 0.29) is 18.8 Å². The lowest BCUT2D eigenvalue weighted by Gasteiger charge is -2.17. The van der Waals surface area contributed by atoms with Gasteiger partial charge in [-0.25, -0.2) is 0 Å². The Morgan fingerprint density at radius 1 is 1.24 bits per heavy atom. The van der Waals surface area contributed by atoms with E-state index >= 15 is 0 Å². The zero-order valence-corrected chi connectivity index (χ0v) is 14.1. The lowest BCUT2D eigenvalue weighted by Crippen LogP contribution is -2.89. The molecule has 4 nitrogen and oxygen atoms in total. The molecule has 0 aromatic heterocycles. The minimum atomic E-state index is 0.0662. The van der Waals surface area contributed by atoms with Crippen molar-refractivity contribution in [3.63, 3.8) is 0 Å². The maximum atomic E-state index is 9.25. The summed E-state index contributed by atoms with van der Waals surface area (Å²) in [6, 6.07) is 3.95. The lowest BCUT2D eigenvalue weighted by molar-refractivity contribution is -0.706. The predicted molar refractivity (Wildman–Crippen MR) is 85.2 cm³/mol. The molecule has 1 aromatic rings. The van der Waals surface area contributed by atoms with Crippen molar-refractivity contribution in [2.75, 3.05) is 13.2 Å². The van der Waals surface area contributed by atoms with Gasteiger partial charge in [-0.15, -0.1) is 0 Å². The molecule has 0 bridgehead atoms. The van der Waals surface area contributed by atoms with E-state index in [1.54, 1.807) is 0 Å². The quantitative estimate of drug-likeness (QED) is 0.735. The predicted octanol–water partition coefficient (Wildman–Crippen LogP) is 2.36. The molecule has 0 unspecified atom stereocenters. The van der Waals surface area contributed by atoms with Crippen LogP contribution in [-0.4, -0.2) is 30.5 Å². The first-order valence-corrected chi connectivity index (χ1v) is 7.95. The highest BCUT2D eigenvalue weighted by molar-refractivity contribution is 6.31. The molecule has 3 N–H and O–H groups in total. The summed E-state index contributed by atoms with van der Waals surface area (Å²) in [5.74, 6) is 1.39. The third kappa shape index (κ3) is 5.73. The normalized spacial score (nSPS) is 12.5. The molecule has 0 spiro atoms. The number of ether oxygens (including phenoxy) is 2. The Morgan fingerprint density at radius 2 is 1.95 bits per heavy atom. The van der Waals surface area contributed by atoms with Crippen molar-refractivity contribution in [3.05, 3.63) is 22.7 Å². The fourth-order valence-corrected chi connectivity index (χ4v) is 2.24. The van der Waals surface area contributed by atoms with Gasteiger partial charge in [0.1, 0.15) is 12.6 Å². The highest BCUT2D eigenvalue weighted by Gasteiger charge is 2.15. The molecule has 21 heavy (non-hydrogen) atoms. The molecule has 0 saturated carbocycles. The van der Waals surface area contributed by atoms with Crippen molar-refractivity contribution in [2.24, 2.45) is 0 Å². The number of hydrogen-bond acceptors (Lipinski definition) is 3. The smallest absolute Gasteiger partial charge is 0.163 e. The summed E-state index contributed by atoms with van der Waals surface area (Å²) in [6.07, 6.45) is 0.984. The van der Waals surface area contributed by atoms with Crippen LogP contribution in [0.5, 0.6) is 11.5 Å². The summed E-state index contributed by atoms with van der Waals surface area (Å²) in [5, 5.41) is 12.0. The average molecular weight is 317 g/mol. The van der Waals surface area contributed by atoms with Gasteiger partial charge >= 0.3 is 0 Å². The third-order valence-electron chi connectivity index (χ3n) is 3.21. The summed E-state index contributed by atoms with van der Waals surface area (Å²) in [7, 11) is 0. The van der Waals surface area contributed by atoms with Crippen LogP contribution in [0.15, 0.2) is 12.1 Å². The Labute approximate surface area is 132 Å². The van der Waals surface area contributed by atoms with E-state index in [0.717, 1.165) is 17.7 Å². The maximum absolute atomic E-state index is 9.25. The number of rotatable bonds is 9. The van der Waals surface area contributed by atoms with Gasteiger partial charge in [0, 0.05) is 11.6 Å². The van der Waals surface area contributed by atoms with Crippen molar-refractivity contribution in [2.45, 2.75) is 52.8 Å². The minimum absolute atomic E-state index is 0.0662. The number of halogens is 1. The van der Waals surface area contributed by atoms with Crippen LogP contribution in [0, 0.1) is 0 Å². The molecule has 1 aromatic carbocycles. The van der Waals surface area contributed by atoms with Crippen molar-refractivity contribution in [1.29, 1.82) is 0 Å². The van der Waals surface area contributed by atoms with Gasteiger partial charge in [0.2, 0.25) is 0 Å². The molecule has 0 amide bonds. The van der Waals surface area contributed by atoms with E-state index in [4.69, 9.17) is 21.1 Å². The van der Waals surface area contributed by atoms with Crippen LogP contribution in [0.25, 0.3) is 0 Å². The van der Waals surface area contributed by atoms with Gasteiger partial charge in [-0.3, -0.25) is 0 Å². The second-order valence-corrected chi connectivity index (χ2v) is 5.69. The third-order valence-corrected chi connectivity index (χ3v) is 3.56.